The van der Waals surface area contributed by atoms with Crippen molar-refractivity contribution >= 4 is 11.9 Å². The van der Waals surface area contributed by atoms with E-state index >= 15 is 0 Å². The van der Waals surface area contributed by atoms with Crippen LogP contribution >= 0.6 is 0 Å². The van der Waals surface area contributed by atoms with Crippen molar-refractivity contribution in [1.82, 2.24) is 4.98 Å². The van der Waals surface area contributed by atoms with Gasteiger partial charge >= 0.3 is 6.09 Å². The highest BCUT2D eigenvalue weighted by molar-refractivity contribution is 5.86. The number of aliphatic hydroxyl groups excluding tert-OH is 1. The van der Waals surface area contributed by atoms with Gasteiger partial charge in [0, 0.05) is 6.20 Å². The summed E-state index contributed by atoms with van der Waals surface area (Å²) in [5.41, 5.74) is 2.04. The van der Waals surface area contributed by atoms with Gasteiger partial charge in [-0.3, -0.25) is 4.90 Å². The molecule has 1 N–H and O–H groups in total. The Morgan fingerprint density at radius 3 is 2.39 bits per heavy atom. The third-order valence-corrected chi connectivity index (χ3v) is 4.51. The van der Waals surface area contributed by atoms with Gasteiger partial charge < -0.3 is 9.84 Å². The van der Waals surface area contributed by atoms with Gasteiger partial charge in [-0.2, -0.15) is 5.26 Å². The number of rotatable bonds is 5. The molecule has 3 aromatic rings. The number of amides is 1. The maximum absolute atomic E-state index is 13.0. The largest absolute Gasteiger partial charge is 0.443 e. The number of hydrogen-bond donors (Lipinski definition) is 1. The molecule has 0 radical (unpaired) electrons. The summed E-state index contributed by atoms with van der Waals surface area (Å²) in [4.78, 5) is 18.8. The lowest BCUT2D eigenvalue weighted by Gasteiger charge is -2.27. The van der Waals surface area contributed by atoms with Crippen LogP contribution in [0.5, 0.6) is 0 Å². The monoisotopic (exact) mass is 415 g/mol. The number of ether oxygens (including phenoxy) is 1. The molecule has 1 atom stereocenters. The number of aliphatic hydroxyl groups is 1. The molecule has 3 rings (SSSR count). The molecule has 0 fully saturated rings. The maximum atomic E-state index is 13.0. The number of nitriles is 1. The van der Waals surface area contributed by atoms with Crippen molar-refractivity contribution in [3.05, 3.63) is 95.2 Å². The predicted octanol–water partition coefficient (Wildman–Crippen LogP) is 4.98. The third-order valence-electron chi connectivity index (χ3n) is 4.51. The van der Waals surface area contributed by atoms with Crippen molar-refractivity contribution < 1.29 is 14.6 Å². The topological polar surface area (TPSA) is 86.5 Å². The summed E-state index contributed by atoms with van der Waals surface area (Å²) in [5.74, 6) is 0.367. The summed E-state index contributed by atoms with van der Waals surface area (Å²) in [5, 5.41) is 19.8. The minimum atomic E-state index is -0.849. The molecule has 1 aromatic heterocycles. The first kappa shape index (κ1) is 22.0. The number of benzene rings is 2. The highest BCUT2D eigenvalue weighted by Gasteiger charge is 2.25. The van der Waals surface area contributed by atoms with Crippen LogP contribution in [0.1, 0.15) is 49.1 Å². The minimum absolute atomic E-state index is 0.207. The molecule has 158 valence electrons. The zero-order valence-corrected chi connectivity index (χ0v) is 17.8. The number of carbonyl (C=O) groups is 1. The van der Waals surface area contributed by atoms with Gasteiger partial charge in [0.15, 0.2) is 0 Å². The van der Waals surface area contributed by atoms with Crippen LogP contribution in [0.4, 0.5) is 10.6 Å². The van der Waals surface area contributed by atoms with Gasteiger partial charge in [-0.05, 0) is 61.7 Å². The van der Waals surface area contributed by atoms with Crippen molar-refractivity contribution in [1.29, 1.82) is 5.26 Å². The Bertz CT molecular complexity index is 1070. The van der Waals surface area contributed by atoms with Gasteiger partial charge in [0.25, 0.3) is 0 Å². The van der Waals surface area contributed by atoms with E-state index in [9.17, 15) is 9.90 Å². The summed E-state index contributed by atoms with van der Waals surface area (Å²) in [6, 6.07) is 21.8. The zero-order valence-electron chi connectivity index (χ0n) is 17.8. The van der Waals surface area contributed by atoms with Crippen LogP contribution in [0.15, 0.2) is 72.9 Å². The van der Waals surface area contributed by atoms with E-state index in [1.165, 1.54) is 4.90 Å². The van der Waals surface area contributed by atoms with Gasteiger partial charge in [-0.1, -0.05) is 42.5 Å². The van der Waals surface area contributed by atoms with Crippen LogP contribution in [-0.4, -0.2) is 21.8 Å². The molecule has 0 aliphatic rings. The van der Waals surface area contributed by atoms with Crippen molar-refractivity contribution in [3.8, 4) is 6.07 Å². The van der Waals surface area contributed by atoms with E-state index in [0.29, 0.717) is 16.9 Å². The molecule has 0 bridgehead atoms. The second-order valence-electron chi connectivity index (χ2n) is 8.14. The van der Waals surface area contributed by atoms with Crippen molar-refractivity contribution in [2.45, 2.75) is 39.0 Å². The molecule has 6 nitrogen and oxygen atoms in total. The molecule has 0 saturated carbocycles. The SMILES string of the molecule is CC(C)(C)OC(=O)N(Cc1ccc(C#N)cc1)c1cc(C(O)c2ccccc2)ccn1. The highest BCUT2D eigenvalue weighted by atomic mass is 16.6. The van der Waals surface area contributed by atoms with E-state index in [1.807, 2.05) is 30.3 Å². The summed E-state index contributed by atoms with van der Waals surface area (Å²) < 4.78 is 5.59. The van der Waals surface area contributed by atoms with Crippen LogP contribution in [0.25, 0.3) is 0 Å². The van der Waals surface area contributed by atoms with Crippen molar-refractivity contribution in [3.63, 3.8) is 0 Å². The number of hydrogen-bond acceptors (Lipinski definition) is 5. The van der Waals surface area contributed by atoms with Crippen LogP contribution in [0.3, 0.4) is 0 Å². The quantitative estimate of drug-likeness (QED) is 0.635. The minimum Gasteiger partial charge on any atom is -0.443 e. The first-order chi connectivity index (χ1) is 14.8. The normalized spacial score (nSPS) is 12.0. The summed E-state index contributed by atoms with van der Waals surface area (Å²) in [6.45, 7) is 5.61. The van der Waals surface area contributed by atoms with Gasteiger partial charge in [-0.15, -0.1) is 0 Å². The average Bonchev–Trinajstić information content (AvgIpc) is 2.77. The highest BCUT2D eigenvalue weighted by Crippen LogP contribution is 2.26. The average molecular weight is 415 g/mol. The van der Waals surface area contributed by atoms with Gasteiger partial charge in [0.1, 0.15) is 17.5 Å². The van der Waals surface area contributed by atoms with Gasteiger partial charge in [0.05, 0.1) is 18.2 Å². The Morgan fingerprint density at radius 2 is 1.77 bits per heavy atom. The molecule has 6 heteroatoms. The fraction of sp³-hybridized carbons (Fsp3) is 0.240. The molecule has 31 heavy (non-hydrogen) atoms. The summed E-state index contributed by atoms with van der Waals surface area (Å²) in [6.07, 6.45) is 0.168. The van der Waals surface area contributed by atoms with Crippen molar-refractivity contribution in [2.24, 2.45) is 0 Å². The molecule has 0 aliphatic carbocycles. The van der Waals surface area contributed by atoms with E-state index in [4.69, 9.17) is 10.00 Å². The Labute approximate surface area is 182 Å². The van der Waals surface area contributed by atoms with Crippen LogP contribution in [0.2, 0.25) is 0 Å². The molecule has 0 aliphatic heterocycles. The first-order valence-corrected chi connectivity index (χ1v) is 9.95. The predicted molar refractivity (Wildman–Crippen MR) is 118 cm³/mol. The molecule has 1 amide bonds. The van der Waals surface area contributed by atoms with E-state index < -0.39 is 17.8 Å². The van der Waals surface area contributed by atoms with Gasteiger partial charge in [-0.25, -0.2) is 9.78 Å². The fourth-order valence-electron chi connectivity index (χ4n) is 3.00. The lowest BCUT2D eigenvalue weighted by atomic mass is 10.0. The summed E-state index contributed by atoms with van der Waals surface area (Å²) in [7, 11) is 0. The number of anilines is 1. The number of nitrogens with zero attached hydrogens (tertiary/aromatic N) is 3. The fourth-order valence-corrected chi connectivity index (χ4v) is 3.00. The Hall–Kier alpha value is -3.69. The van der Waals surface area contributed by atoms with Crippen LogP contribution in [0, 0.1) is 11.3 Å². The second-order valence-corrected chi connectivity index (χ2v) is 8.14. The summed E-state index contributed by atoms with van der Waals surface area (Å²) >= 11 is 0. The Kier molecular flexibility index (Phi) is 6.68. The first-order valence-electron chi connectivity index (χ1n) is 9.95. The van der Waals surface area contributed by atoms with E-state index in [1.54, 1.807) is 63.4 Å². The lowest BCUT2D eigenvalue weighted by Crippen LogP contribution is -2.37. The second kappa shape index (κ2) is 9.41. The number of pyridine rings is 1. The van der Waals surface area contributed by atoms with Crippen molar-refractivity contribution in [2.75, 3.05) is 4.90 Å². The van der Waals surface area contributed by atoms with Gasteiger partial charge in [0.2, 0.25) is 0 Å². The smallest absolute Gasteiger partial charge is 0.416 e. The third kappa shape index (κ3) is 5.91. The molecular weight excluding hydrogens is 390 g/mol. The molecule has 0 saturated heterocycles. The molecular formula is C25H25N3O3. The van der Waals surface area contributed by atoms with E-state index in [2.05, 4.69) is 11.1 Å². The van der Waals surface area contributed by atoms with E-state index in [0.717, 1.165) is 11.1 Å². The Balaban J connectivity index is 1.94. The Morgan fingerprint density at radius 1 is 1.10 bits per heavy atom. The molecule has 0 spiro atoms. The number of aromatic nitrogens is 1. The molecule has 1 heterocycles. The standard InChI is InChI=1S/C25H25N3O3/c1-25(2,3)31-24(30)28(17-19-11-9-18(16-26)10-12-19)22-15-21(13-14-27-22)23(29)20-7-5-4-6-8-20/h4-15,23,29H,17H2,1-3H3. The zero-order chi connectivity index (χ0) is 22.4. The molecule has 1 unspecified atom stereocenters. The van der Waals surface area contributed by atoms with Crippen LogP contribution in [-0.2, 0) is 11.3 Å². The molecule has 2 aromatic carbocycles. The maximum Gasteiger partial charge on any atom is 0.416 e. The lowest BCUT2D eigenvalue weighted by molar-refractivity contribution is 0.0576. The number of carbonyl (C=O) groups excluding carboxylic acids is 1. The van der Waals surface area contributed by atoms with Crippen LogP contribution < -0.4 is 4.90 Å². The van der Waals surface area contributed by atoms with E-state index in [-0.39, 0.29) is 6.54 Å².